The van der Waals surface area contributed by atoms with Crippen LogP contribution in [0.15, 0.2) is 48.5 Å². The molecule has 0 saturated heterocycles. The lowest BCUT2D eigenvalue weighted by Gasteiger charge is -2.35. The van der Waals surface area contributed by atoms with E-state index >= 15 is 0 Å². The van der Waals surface area contributed by atoms with Crippen LogP contribution in [0.3, 0.4) is 0 Å². The summed E-state index contributed by atoms with van der Waals surface area (Å²) in [6, 6.07) is 12.6. The number of nitro groups is 1. The second-order valence-corrected chi connectivity index (χ2v) is 8.45. The van der Waals surface area contributed by atoms with Gasteiger partial charge in [-0.2, -0.15) is 10.4 Å². The number of hydrogen-bond acceptors (Lipinski definition) is 7. The van der Waals surface area contributed by atoms with Crippen molar-refractivity contribution >= 4 is 34.1 Å². The Morgan fingerprint density at radius 1 is 1.31 bits per heavy atom. The summed E-state index contributed by atoms with van der Waals surface area (Å²) in [5.41, 5.74) is -3.69. The molecule has 5 rings (SSSR count). The second-order valence-electron chi connectivity index (χ2n) is 8.05. The number of benzene rings is 3. The van der Waals surface area contributed by atoms with Crippen molar-refractivity contribution in [3.05, 3.63) is 97.4 Å². The Morgan fingerprint density at radius 2 is 2.03 bits per heavy atom. The Morgan fingerprint density at radius 3 is 2.67 bits per heavy atom. The molecule has 0 fully saturated rings. The second kappa shape index (κ2) is 8.30. The van der Waals surface area contributed by atoms with Gasteiger partial charge >= 0.3 is 0 Å². The van der Waals surface area contributed by atoms with Crippen LogP contribution in [0.1, 0.15) is 32.7 Å². The van der Waals surface area contributed by atoms with Gasteiger partial charge in [-0.15, -0.1) is 0 Å². The summed E-state index contributed by atoms with van der Waals surface area (Å²) in [7, 11) is 1.49. The van der Waals surface area contributed by atoms with Crippen molar-refractivity contribution < 1.29 is 24.0 Å². The number of halogens is 2. The highest BCUT2D eigenvalue weighted by molar-refractivity contribution is 6.31. The molecule has 180 valence electrons. The SMILES string of the molecule is COc1ccc(CN2C(=O)c3c(c([N+](=O)[O-])cc4c(C#N)n[nH]c34)C2(O)c2cc(F)ccc2Cl)cc1. The summed E-state index contributed by atoms with van der Waals surface area (Å²) in [5, 5.41) is 40.1. The molecule has 36 heavy (non-hydrogen) atoms. The summed E-state index contributed by atoms with van der Waals surface area (Å²) in [4.78, 5) is 26.2. The molecule has 12 heteroatoms. The fraction of sp³-hybridized carbons (Fsp3) is 0.125. The fourth-order valence-electron chi connectivity index (χ4n) is 4.50. The first-order valence-corrected chi connectivity index (χ1v) is 10.8. The van der Waals surface area contributed by atoms with Crippen LogP contribution in [-0.4, -0.2) is 38.1 Å². The molecule has 3 aromatic carbocycles. The molecule has 1 amide bonds. The van der Waals surface area contributed by atoms with Gasteiger partial charge in [-0.05, 0) is 35.9 Å². The number of amides is 1. The van der Waals surface area contributed by atoms with E-state index in [1.54, 1.807) is 24.3 Å². The van der Waals surface area contributed by atoms with Crippen molar-refractivity contribution in [3.63, 3.8) is 0 Å². The van der Waals surface area contributed by atoms with Crippen LogP contribution in [-0.2, 0) is 12.3 Å². The van der Waals surface area contributed by atoms with Crippen molar-refractivity contribution in [2.45, 2.75) is 12.3 Å². The van der Waals surface area contributed by atoms with Crippen molar-refractivity contribution in [1.29, 1.82) is 5.26 Å². The summed E-state index contributed by atoms with van der Waals surface area (Å²) in [6.07, 6.45) is 0. The minimum Gasteiger partial charge on any atom is -0.497 e. The van der Waals surface area contributed by atoms with E-state index in [4.69, 9.17) is 16.3 Å². The highest BCUT2D eigenvalue weighted by Crippen LogP contribution is 2.51. The molecule has 0 radical (unpaired) electrons. The number of aliphatic hydroxyl groups is 1. The van der Waals surface area contributed by atoms with Crippen LogP contribution in [0, 0.1) is 27.3 Å². The summed E-state index contributed by atoms with van der Waals surface area (Å²) >= 11 is 6.35. The van der Waals surface area contributed by atoms with Gasteiger partial charge in [-0.1, -0.05) is 23.7 Å². The molecule has 1 unspecified atom stereocenters. The van der Waals surface area contributed by atoms with E-state index in [-0.39, 0.29) is 39.3 Å². The molecule has 4 aromatic rings. The van der Waals surface area contributed by atoms with Crippen LogP contribution in [0.2, 0.25) is 5.02 Å². The number of nitrogens with zero attached hydrogens (tertiary/aromatic N) is 4. The smallest absolute Gasteiger partial charge is 0.279 e. The number of carbonyl (C=O) groups is 1. The number of aromatic nitrogens is 2. The number of hydrogen-bond donors (Lipinski definition) is 2. The molecular formula is C24H15ClFN5O5. The van der Waals surface area contributed by atoms with Crippen molar-refractivity contribution in [2.75, 3.05) is 7.11 Å². The number of aromatic amines is 1. The minimum absolute atomic E-state index is 0.0281. The van der Waals surface area contributed by atoms with E-state index in [2.05, 4.69) is 10.2 Å². The van der Waals surface area contributed by atoms with Crippen LogP contribution in [0.5, 0.6) is 5.75 Å². The van der Waals surface area contributed by atoms with E-state index in [9.17, 15) is 29.7 Å². The van der Waals surface area contributed by atoms with Gasteiger partial charge in [0.05, 0.1) is 23.1 Å². The predicted octanol–water partition coefficient (Wildman–Crippen LogP) is 3.99. The maximum absolute atomic E-state index is 14.4. The molecule has 0 bridgehead atoms. The first-order chi connectivity index (χ1) is 17.2. The van der Waals surface area contributed by atoms with Crippen molar-refractivity contribution in [3.8, 4) is 11.8 Å². The number of methoxy groups -OCH3 is 1. The van der Waals surface area contributed by atoms with Crippen LogP contribution in [0.4, 0.5) is 10.1 Å². The van der Waals surface area contributed by atoms with E-state index in [0.717, 1.165) is 23.1 Å². The van der Waals surface area contributed by atoms with Gasteiger partial charge in [0.25, 0.3) is 11.6 Å². The lowest BCUT2D eigenvalue weighted by Crippen LogP contribution is -2.44. The Balaban J connectivity index is 1.84. The quantitative estimate of drug-likeness (QED) is 0.307. The molecule has 1 aliphatic heterocycles. The number of rotatable bonds is 5. The number of H-pyrrole nitrogens is 1. The molecule has 0 saturated carbocycles. The Bertz CT molecular complexity index is 1610. The molecule has 0 aliphatic carbocycles. The lowest BCUT2D eigenvalue weighted by atomic mass is 9.90. The molecule has 1 atom stereocenters. The summed E-state index contributed by atoms with van der Waals surface area (Å²) in [5.74, 6) is -1.02. The van der Waals surface area contributed by atoms with E-state index in [1.165, 1.54) is 13.2 Å². The zero-order valence-electron chi connectivity index (χ0n) is 18.5. The Hall–Kier alpha value is -4.53. The van der Waals surface area contributed by atoms with E-state index in [1.807, 2.05) is 6.07 Å². The zero-order valence-corrected chi connectivity index (χ0v) is 19.2. The fourth-order valence-corrected chi connectivity index (χ4v) is 4.75. The standard InChI is InChI=1S/C24H15ClFN5O5/c1-36-14-5-2-12(3-6-14)11-30-23(32)20-21(24(30,33)16-8-13(26)4-7-17(16)25)19(31(34)35)9-15-18(10-27)28-29-22(15)20/h2-9,33H,11H2,1H3,(H,28,29). The van der Waals surface area contributed by atoms with Gasteiger partial charge < -0.3 is 9.84 Å². The third kappa shape index (κ3) is 3.27. The number of fused-ring (bicyclic) bond motifs is 3. The average Bonchev–Trinajstić information content (AvgIpc) is 3.38. The van der Waals surface area contributed by atoms with Gasteiger partial charge in [-0.3, -0.25) is 24.9 Å². The Labute approximate surface area is 207 Å². The minimum atomic E-state index is -2.53. The highest BCUT2D eigenvalue weighted by Gasteiger charge is 2.56. The van der Waals surface area contributed by atoms with Gasteiger partial charge in [-0.25, -0.2) is 4.39 Å². The molecule has 0 spiro atoms. The first-order valence-electron chi connectivity index (χ1n) is 10.4. The van der Waals surface area contributed by atoms with E-state index in [0.29, 0.717) is 11.3 Å². The van der Waals surface area contributed by atoms with Gasteiger partial charge in [0.1, 0.15) is 23.2 Å². The maximum atomic E-state index is 14.4. The molecule has 10 nitrogen and oxygen atoms in total. The van der Waals surface area contributed by atoms with Gasteiger partial charge in [0.15, 0.2) is 5.69 Å². The van der Waals surface area contributed by atoms with Gasteiger partial charge in [0.2, 0.25) is 5.72 Å². The van der Waals surface area contributed by atoms with Crippen molar-refractivity contribution in [1.82, 2.24) is 15.1 Å². The normalized spacial score (nSPS) is 16.8. The first kappa shape index (κ1) is 23.2. The van der Waals surface area contributed by atoms with Crippen LogP contribution < -0.4 is 4.74 Å². The number of nitro benzene ring substituents is 1. The molecule has 2 heterocycles. The highest BCUT2D eigenvalue weighted by atomic mass is 35.5. The third-order valence-corrected chi connectivity index (χ3v) is 6.48. The van der Waals surface area contributed by atoms with Crippen LogP contribution in [0.25, 0.3) is 10.9 Å². The molecule has 1 aliphatic rings. The molecule has 1 aromatic heterocycles. The summed E-state index contributed by atoms with van der Waals surface area (Å²) in [6.45, 7) is -0.223. The average molecular weight is 508 g/mol. The Kier molecular flexibility index (Phi) is 5.35. The van der Waals surface area contributed by atoms with Gasteiger partial charge in [0, 0.05) is 28.6 Å². The zero-order chi connectivity index (χ0) is 25.8. The van der Waals surface area contributed by atoms with E-state index < -0.39 is 33.6 Å². The largest absolute Gasteiger partial charge is 0.497 e. The number of nitriles is 1. The number of carbonyl (C=O) groups excluding carboxylic acids is 1. The summed E-state index contributed by atoms with van der Waals surface area (Å²) < 4.78 is 19.5. The van der Waals surface area contributed by atoms with Crippen LogP contribution >= 0.6 is 11.6 Å². The molecule has 2 N–H and O–H groups in total. The van der Waals surface area contributed by atoms with Crippen molar-refractivity contribution in [2.24, 2.45) is 0 Å². The topological polar surface area (TPSA) is 145 Å². The number of ether oxygens (including phenoxy) is 1. The monoisotopic (exact) mass is 507 g/mol. The maximum Gasteiger partial charge on any atom is 0.279 e. The predicted molar refractivity (Wildman–Crippen MR) is 125 cm³/mol. The number of nitrogens with one attached hydrogen (secondary N) is 1. The third-order valence-electron chi connectivity index (χ3n) is 6.15. The molecular weight excluding hydrogens is 493 g/mol. The lowest BCUT2D eigenvalue weighted by molar-refractivity contribution is -0.386.